The Morgan fingerprint density at radius 1 is 0.938 bits per heavy atom. The van der Waals surface area contributed by atoms with Gasteiger partial charge in [-0.15, -0.1) is 0 Å². The minimum atomic E-state index is -3.72. The summed E-state index contributed by atoms with van der Waals surface area (Å²) in [5.74, 6) is 1.48. The number of unbranched alkanes of at least 4 members (excludes halogenated alkanes) is 2. The zero-order valence-corrected chi connectivity index (χ0v) is 19.1. The predicted octanol–water partition coefficient (Wildman–Crippen LogP) is 4.18. The highest BCUT2D eigenvalue weighted by atomic mass is 32.2. The van der Waals surface area contributed by atoms with Crippen molar-refractivity contribution in [3.05, 3.63) is 59.9 Å². The Hall–Kier alpha value is -2.97. The fourth-order valence-corrected chi connectivity index (χ4v) is 5.05. The van der Waals surface area contributed by atoms with Crippen LogP contribution in [0.25, 0.3) is 21.9 Å². The second-order valence-electron chi connectivity index (χ2n) is 8.10. The molecule has 0 saturated carbocycles. The van der Waals surface area contributed by atoms with Gasteiger partial charge in [-0.2, -0.15) is 0 Å². The molecule has 0 atom stereocenters. The van der Waals surface area contributed by atoms with Crippen LogP contribution in [0, 0.1) is 0 Å². The van der Waals surface area contributed by atoms with Crippen molar-refractivity contribution >= 4 is 37.8 Å². The molecule has 4 N–H and O–H groups in total. The number of fused-ring (bicyclic) bond motifs is 3. The molecule has 0 radical (unpaired) electrons. The highest BCUT2D eigenvalue weighted by Gasteiger charge is 2.17. The first-order valence-corrected chi connectivity index (χ1v) is 12.6. The highest BCUT2D eigenvalue weighted by Crippen LogP contribution is 2.29. The van der Waals surface area contributed by atoms with Crippen LogP contribution in [0.5, 0.6) is 0 Å². The minimum Gasteiger partial charge on any atom is -0.382 e. The number of hydrogen-bond donors (Lipinski definition) is 2. The molecule has 4 aromatic rings. The fourth-order valence-electron chi connectivity index (χ4n) is 4.24. The number of nitrogens with two attached hydrogens (primary N) is 2. The highest BCUT2D eigenvalue weighted by molar-refractivity contribution is 7.89. The molecular formula is C24H29N5O2S. The molecule has 4 rings (SSSR count). The predicted molar refractivity (Wildman–Crippen MR) is 129 cm³/mol. The third-order valence-electron chi connectivity index (χ3n) is 5.80. The number of imidazole rings is 1. The summed E-state index contributed by atoms with van der Waals surface area (Å²) in [6.45, 7) is 2.95. The number of aryl methyl sites for hydroxylation is 3. The van der Waals surface area contributed by atoms with Crippen LogP contribution < -0.4 is 10.9 Å². The van der Waals surface area contributed by atoms with Gasteiger partial charge in [-0.3, -0.25) is 0 Å². The monoisotopic (exact) mass is 451 g/mol. The van der Waals surface area contributed by atoms with Gasteiger partial charge in [0.1, 0.15) is 11.3 Å². The van der Waals surface area contributed by atoms with Crippen molar-refractivity contribution in [1.29, 1.82) is 0 Å². The van der Waals surface area contributed by atoms with Crippen molar-refractivity contribution in [3.8, 4) is 0 Å². The minimum absolute atomic E-state index is 0.210. The Balaban J connectivity index is 1.63. The number of anilines is 1. The zero-order chi connectivity index (χ0) is 22.7. The average Bonchev–Trinajstić information content (AvgIpc) is 3.14. The van der Waals surface area contributed by atoms with E-state index < -0.39 is 10.0 Å². The van der Waals surface area contributed by atoms with E-state index in [0.29, 0.717) is 12.2 Å². The van der Waals surface area contributed by atoms with Gasteiger partial charge in [0.05, 0.1) is 15.9 Å². The maximum Gasteiger partial charge on any atom is 0.238 e. The van der Waals surface area contributed by atoms with Gasteiger partial charge in [-0.1, -0.05) is 49.7 Å². The third kappa shape index (κ3) is 4.47. The Labute approximate surface area is 188 Å². The number of aromatic nitrogens is 3. The second-order valence-corrected chi connectivity index (χ2v) is 9.63. The van der Waals surface area contributed by atoms with Gasteiger partial charge in [-0.05, 0) is 43.4 Å². The lowest BCUT2D eigenvalue weighted by atomic mass is 10.1. The summed E-state index contributed by atoms with van der Waals surface area (Å²) in [6, 6.07) is 14.9. The maximum atomic E-state index is 11.9. The summed E-state index contributed by atoms with van der Waals surface area (Å²) in [5.41, 5.74) is 9.68. The van der Waals surface area contributed by atoms with Gasteiger partial charge >= 0.3 is 0 Å². The topological polar surface area (TPSA) is 117 Å². The quantitative estimate of drug-likeness (QED) is 0.370. The van der Waals surface area contributed by atoms with Crippen molar-refractivity contribution in [3.63, 3.8) is 0 Å². The number of nitrogen functional groups attached to an aromatic ring is 1. The van der Waals surface area contributed by atoms with Gasteiger partial charge in [0, 0.05) is 18.4 Å². The van der Waals surface area contributed by atoms with Crippen LogP contribution >= 0.6 is 0 Å². The lowest BCUT2D eigenvalue weighted by Crippen LogP contribution is -2.14. The van der Waals surface area contributed by atoms with Crippen molar-refractivity contribution in [2.45, 2.75) is 56.9 Å². The van der Waals surface area contributed by atoms with Crippen LogP contribution in [0.1, 0.15) is 44.0 Å². The number of benzene rings is 2. The molecule has 8 heteroatoms. The Morgan fingerprint density at radius 3 is 2.47 bits per heavy atom. The Kier molecular flexibility index (Phi) is 6.43. The van der Waals surface area contributed by atoms with Crippen LogP contribution in [-0.4, -0.2) is 23.0 Å². The summed E-state index contributed by atoms with van der Waals surface area (Å²) >= 11 is 0. The number of para-hydroxylation sites is 1. The SMILES string of the molecule is CCCCc1nc2c(N)nc3ccccc3c2n1CCCCc1ccccc1S(N)(=O)=O. The fraction of sp³-hybridized carbons (Fsp3) is 0.333. The van der Waals surface area contributed by atoms with Crippen LogP contribution in [-0.2, 0) is 29.4 Å². The number of primary sulfonamides is 1. The normalized spacial score (nSPS) is 12.1. The van der Waals surface area contributed by atoms with E-state index in [1.54, 1.807) is 12.1 Å². The molecule has 0 amide bonds. The number of hydrogen-bond acceptors (Lipinski definition) is 5. The number of pyridine rings is 1. The largest absolute Gasteiger partial charge is 0.382 e. The lowest BCUT2D eigenvalue weighted by Gasteiger charge is -2.12. The summed E-state index contributed by atoms with van der Waals surface area (Å²) in [7, 11) is -3.72. The van der Waals surface area contributed by atoms with Crippen LogP contribution in [0.4, 0.5) is 5.82 Å². The average molecular weight is 452 g/mol. The maximum absolute atomic E-state index is 11.9. The molecule has 2 heterocycles. The standard InChI is InChI=1S/C24H29N5O2S/c1-2-3-15-21-28-22-23(18-12-5-6-13-19(18)27-24(22)25)29(21)16-9-8-11-17-10-4-7-14-20(17)32(26,30)31/h4-7,10,12-14H,2-3,8-9,11,15-16H2,1H3,(H2,25,27)(H2,26,30,31). The van der Waals surface area contributed by atoms with Crippen LogP contribution in [0.3, 0.4) is 0 Å². The molecule has 7 nitrogen and oxygen atoms in total. The van der Waals surface area contributed by atoms with E-state index in [4.69, 9.17) is 15.9 Å². The smallest absolute Gasteiger partial charge is 0.238 e. The van der Waals surface area contributed by atoms with Crippen molar-refractivity contribution in [2.75, 3.05) is 5.73 Å². The molecule has 0 aliphatic heterocycles. The summed E-state index contributed by atoms with van der Waals surface area (Å²) < 4.78 is 26.0. The molecule has 0 aliphatic rings. The molecule has 0 spiro atoms. The first-order chi connectivity index (χ1) is 15.4. The van der Waals surface area contributed by atoms with E-state index in [-0.39, 0.29) is 4.90 Å². The molecule has 32 heavy (non-hydrogen) atoms. The first-order valence-electron chi connectivity index (χ1n) is 11.0. The summed E-state index contributed by atoms with van der Waals surface area (Å²) in [5, 5.41) is 6.42. The van der Waals surface area contributed by atoms with Gasteiger partial charge in [0.15, 0.2) is 5.82 Å². The lowest BCUT2D eigenvalue weighted by molar-refractivity contribution is 0.583. The molecule has 0 fully saturated rings. The van der Waals surface area contributed by atoms with E-state index in [9.17, 15) is 8.42 Å². The van der Waals surface area contributed by atoms with Crippen molar-refractivity contribution in [2.24, 2.45) is 5.14 Å². The van der Waals surface area contributed by atoms with Gasteiger partial charge in [0.2, 0.25) is 10.0 Å². The van der Waals surface area contributed by atoms with Crippen LogP contribution in [0.2, 0.25) is 0 Å². The molecule has 0 aliphatic carbocycles. The first kappa shape index (κ1) is 22.2. The Bertz CT molecular complexity index is 1360. The molecule has 168 valence electrons. The van der Waals surface area contributed by atoms with E-state index in [1.807, 2.05) is 30.3 Å². The zero-order valence-electron chi connectivity index (χ0n) is 18.3. The second kappa shape index (κ2) is 9.26. The summed E-state index contributed by atoms with van der Waals surface area (Å²) in [6.07, 6.45) is 5.37. The molecule has 2 aromatic heterocycles. The van der Waals surface area contributed by atoms with E-state index >= 15 is 0 Å². The Morgan fingerprint density at radius 2 is 1.69 bits per heavy atom. The number of sulfonamides is 1. The van der Waals surface area contributed by atoms with Gasteiger partial charge in [0.25, 0.3) is 0 Å². The molecule has 0 unspecified atom stereocenters. The van der Waals surface area contributed by atoms with E-state index in [0.717, 1.165) is 72.0 Å². The van der Waals surface area contributed by atoms with Gasteiger partial charge < -0.3 is 10.3 Å². The number of rotatable bonds is 9. The molecule has 2 aromatic carbocycles. The molecular weight excluding hydrogens is 422 g/mol. The van der Waals surface area contributed by atoms with Crippen molar-refractivity contribution < 1.29 is 8.42 Å². The van der Waals surface area contributed by atoms with E-state index in [1.165, 1.54) is 0 Å². The van der Waals surface area contributed by atoms with Crippen LogP contribution in [0.15, 0.2) is 53.4 Å². The third-order valence-corrected chi connectivity index (χ3v) is 6.81. The number of nitrogens with zero attached hydrogens (tertiary/aromatic N) is 3. The summed E-state index contributed by atoms with van der Waals surface area (Å²) in [4.78, 5) is 9.61. The van der Waals surface area contributed by atoms with Crippen molar-refractivity contribution in [1.82, 2.24) is 14.5 Å². The van der Waals surface area contributed by atoms with E-state index in [2.05, 4.69) is 22.5 Å². The molecule has 0 saturated heterocycles. The molecule has 0 bridgehead atoms. The van der Waals surface area contributed by atoms with Gasteiger partial charge in [-0.25, -0.2) is 23.5 Å².